The second-order valence-corrected chi connectivity index (χ2v) is 19.2. The predicted octanol–water partition coefficient (Wildman–Crippen LogP) is 8.62. The van der Waals surface area contributed by atoms with Gasteiger partial charge < -0.3 is 29.1 Å². The maximum atomic E-state index is 12.5. The molecule has 2 aromatic rings. The number of aliphatic hydroxyl groups excluding tert-OH is 1. The first-order valence-corrected chi connectivity index (χ1v) is 18.2. The number of ether oxygens (including phenoxy) is 3. The summed E-state index contributed by atoms with van der Waals surface area (Å²) in [5.74, 6) is 1.49. The highest BCUT2D eigenvalue weighted by Crippen LogP contribution is 2.42. The van der Waals surface area contributed by atoms with Crippen molar-refractivity contribution < 1.29 is 28.5 Å². The van der Waals surface area contributed by atoms with Gasteiger partial charge in [-0.15, -0.1) is 6.58 Å². The molecule has 0 bridgehead atoms. The van der Waals surface area contributed by atoms with Crippen LogP contribution in [0.25, 0.3) is 0 Å². The zero-order chi connectivity index (χ0) is 31.8. The highest BCUT2D eigenvalue weighted by atomic mass is 35.5. The lowest BCUT2D eigenvalue weighted by Crippen LogP contribution is -2.52. The van der Waals surface area contributed by atoms with Gasteiger partial charge in [0.25, 0.3) is 0 Å². The zero-order valence-corrected chi connectivity index (χ0v) is 29.1. The number of nitrogens with one attached hydrogen (secondary N) is 1. The second kappa shape index (κ2) is 15.0. The first kappa shape index (κ1) is 36.0. The van der Waals surface area contributed by atoms with Crippen molar-refractivity contribution in [2.45, 2.75) is 99.9 Å². The van der Waals surface area contributed by atoms with Crippen molar-refractivity contribution in [1.29, 1.82) is 0 Å². The van der Waals surface area contributed by atoms with Crippen LogP contribution in [-0.2, 0) is 15.9 Å². The minimum absolute atomic E-state index is 0.0661. The summed E-state index contributed by atoms with van der Waals surface area (Å²) in [5, 5.41) is 13.8. The Labute approximate surface area is 262 Å². The maximum absolute atomic E-state index is 12.5. The molecule has 2 N–H and O–H groups in total. The summed E-state index contributed by atoms with van der Waals surface area (Å²) < 4.78 is 22.9. The number of alkyl carbamates (subject to hydrolysis) is 1. The molecule has 0 saturated carbocycles. The second-order valence-electron chi connectivity index (χ2n) is 12.9. The fourth-order valence-electron chi connectivity index (χ4n) is 3.81. The van der Waals surface area contributed by atoms with Gasteiger partial charge >= 0.3 is 6.09 Å². The Bertz CT molecular complexity index is 1210. The molecule has 0 aliphatic heterocycles. The summed E-state index contributed by atoms with van der Waals surface area (Å²) in [5.41, 5.74) is -0.667. The van der Waals surface area contributed by atoms with Crippen molar-refractivity contribution in [1.82, 2.24) is 5.32 Å². The normalized spacial score (nSPS) is 13.7. The monoisotopic (exact) mass is 637 g/mol. The average molecular weight is 638 g/mol. The average Bonchev–Trinajstić information content (AvgIpc) is 2.85. The highest BCUT2D eigenvalue weighted by molar-refractivity contribution is 7.99. The van der Waals surface area contributed by atoms with Crippen LogP contribution in [0.3, 0.4) is 0 Å². The fraction of sp³-hybridized carbons (Fsp3) is 0.531. The Morgan fingerprint density at radius 1 is 1.12 bits per heavy atom. The molecule has 2 aromatic carbocycles. The first-order valence-electron chi connectivity index (χ1n) is 14.1. The van der Waals surface area contributed by atoms with E-state index in [1.165, 1.54) is 11.8 Å². The van der Waals surface area contributed by atoms with Crippen LogP contribution in [0.2, 0.25) is 23.2 Å². The number of carbonyl (C=O) groups excluding carboxylic acids is 1. The molecular weight excluding hydrogens is 590 g/mol. The minimum Gasteiger partial charge on any atom is -0.543 e. The van der Waals surface area contributed by atoms with Gasteiger partial charge in [0.15, 0.2) is 6.79 Å². The van der Waals surface area contributed by atoms with Gasteiger partial charge in [0.2, 0.25) is 8.32 Å². The van der Waals surface area contributed by atoms with Gasteiger partial charge in [0.05, 0.1) is 17.0 Å². The third kappa shape index (κ3) is 10.8. The van der Waals surface area contributed by atoms with Gasteiger partial charge in [-0.3, -0.25) is 0 Å². The molecule has 0 fully saturated rings. The fourth-order valence-corrected chi connectivity index (χ4v) is 6.14. The molecule has 0 radical (unpaired) electrons. The van der Waals surface area contributed by atoms with Crippen LogP contribution in [-0.4, -0.2) is 51.2 Å². The third-order valence-corrected chi connectivity index (χ3v) is 12.9. The molecule has 2 rings (SSSR count). The Hall–Kier alpha value is -2.17. The Kier molecular flexibility index (Phi) is 12.9. The summed E-state index contributed by atoms with van der Waals surface area (Å²) in [6.45, 7) is 20.1. The van der Waals surface area contributed by atoms with Crippen molar-refractivity contribution >= 4 is 37.8 Å². The van der Waals surface area contributed by atoms with Crippen LogP contribution in [0.15, 0.2) is 58.8 Å². The van der Waals surface area contributed by atoms with Crippen molar-refractivity contribution in [2.75, 3.05) is 20.5 Å². The number of benzene rings is 2. The summed E-state index contributed by atoms with van der Waals surface area (Å²) in [6, 6.07) is 11.7. The number of hydrogen-bond donors (Lipinski definition) is 2. The molecule has 0 saturated heterocycles. The molecule has 10 heteroatoms. The van der Waals surface area contributed by atoms with E-state index in [0.29, 0.717) is 30.0 Å². The molecule has 1 unspecified atom stereocenters. The van der Waals surface area contributed by atoms with Crippen LogP contribution >= 0.6 is 23.4 Å². The molecule has 1 atom stereocenters. The molecule has 42 heavy (non-hydrogen) atoms. The van der Waals surface area contributed by atoms with Crippen LogP contribution in [0.1, 0.15) is 59.9 Å². The lowest BCUT2D eigenvalue weighted by molar-refractivity contribution is 0.0389. The quantitative estimate of drug-likeness (QED) is 0.122. The van der Waals surface area contributed by atoms with Crippen molar-refractivity contribution in [3.8, 4) is 11.5 Å². The molecule has 234 valence electrons. The largest absolute Gasteiger partial charge is 0.543 e. The SMILES string of the molecule is C=CCC(CO)(CCc1ccc(Sc2cc(O[Si](C)(C)C(C)(C)C)ccc2OCOC)cc1Cl)NC(=O)OC(C)(C)C. The summed E-state index contributed by atoms with van der Waals surface area (Å²) in [7, 11) is -0.443. The van der Waals surface area contributed by atoms with Gasteiger partial charge in [0, 0.05) is 17.0 Å². The van der Waals surface area contributed by atoms with E-state index in [1.807, 2.05) is 36.4 Å². The Morgan fingerprint density at radius 2 is 1.81 bits per heavy atom. The first-order chi connectivity index (χ1) is 19.4. The van der Waals surface area contributed by atoms with Gasteiger partial charge in [-0.05, 0) is 94.1 Å². The molecule has 0 aliphatic rings. The van der Waals surface area contributed by atoms with E-state index in [4.69, 9.17) is 30.2 Å². The Balaban J connectivity index is 2.26. The van der Waals surface area contributed by atoms with E-state index in [2.05, 4.69) is 45.8 Å². The van der Waals surface area contributed by atoms with E-state index in [0.717, 1.165) is 21.1 Å². The van der Waals surface area contributed by atoms with Crippen LogP contribution in [0.4, 0.5) is 4.79 Å². The number of aryl methyl sites for hydroxylation is 1. The Morgan fingerprint density at radius 3 is 2.36 bits per heavy atom. The topological polar surface area (TPSA) is 86.3 Å². The van der Waals surface area contributed by atoms with Gasteiger partial charge in [0.1, 0.15) is 17.1 Å². The third-order valence-electron chi connectivity index (χ3n) is 7.16. The van der Waals surface area contributed by atoms with Crippen LogP contribution in [0, 0.1) is 0 Å². The van der Waals surface area contributed by atoms with Crippen molar-refractivity contribution in [3.05, 3.63) is 59.6 Å². The van der Waals surface area contributed by atoms with Crippen molar-refractivity contribution in [2.24, 2.45) is 0 Å². The summed E-state index contributed by atoms with van der Waals surface area (Å²) >= 11 is 8.28. The number of amides is 1. The molecular formula is C32H48ClNO6SSi. The predicted molar refractivity (Wildman–Crippen MR) is 175 cm³/mol. The van der Waals surface area contributed by atoms with E-state index in [9.17, 15) is 9.90 Å². The zero-order valence-electron chi connectivity index (χ0n) is 26.6. The summed E-state index contributed by atoms with van der Waals surface area (Å²) in [6.07, 6.45) is 2.46. The lowest BCUT2D eigenvalue weighted by atomic mass is 9.88. The number of rotatable bonds is 14. The van der Waals surface area contributed by atoms with Crippen molar-refractivity contribution in [3.63, 3.8) is 0 Å². The molecule has 0 heterocycles. The van der Waals surface area contributed by atoms with Gasteiger partial charge in [-0.25, -0.2) is 4.79 Å². The van der Waals surface area contributed by atoms with E-state index >= 15 is 0 Å². The highest BCUT2D eigenvalue weighted by Gasteiger charge is 2.39. The molecule has 0 aliphatic carbocycles. The van der Waals surface area contributed by atoms with E-state index in [-0.39, 0.29) is 18.4 Å². The standard InChI is InChI=1S/C32H48ClNO6SSi/c1-11-17-32(21-35,34-29(36)39-30(2,3)4)18-16-23-12-14-25(20-26(23)33)41-28-19-24(13-15-27(28)38-22-37-8)40-42(9,10)31(5,6)7/h11-15,19-20,35H,1,16-18,21-22H2,2-10H3,(H,34,36). The van der Waals surface area contributed by atoms with E-state index in [1.54, 1.807) is 34.0 Å². The summed E-state index contributed by atoms with van der Waals surface area (Å²) in [4.78, 5) is 14.3. The number of methoxy groups -OCH3 is 1. The lowest BCUT2D eigenvalue weighted by Gasteiger charge is -2.36. The van der Waals surface area contributed by atoms with Gasteiger partial charge in [-0.1, -0.05) is 56.3 Å². The molecule has 0 spiro atoms. The smallest absolute Gasteiger partial charge is 0.408 e. The molecule has 1 amide bonds. The van der Waals surface area contributed by atoms with E-state index < -0.39 is 25.6 Å². The number of halogens is 1. The number of aliphatic hydroxyl groups is 1. The molecule has 7 nitrogen and oxygen atoms in total. The number of carbonyl (C=O) groups is 1. The van der Waals surface area contributed by atoms with Gasteiger partial charge in [-0.2, -0.15) is 0 Å². The maximum Gasteiger partial charge on any atom is 0.408 e. The van der Waals surface area contributed by atoms with Crippen LogP contribution in [0.5, 0.6) is 11.5 Å². The van der Waals surface area contributed by atoms with Crippen LogP contribution < -0.4 is 14.5 Å². The number of hydrogen-bond acceptors (Lipinski definition) is 7. The minimum atomic E-state index is -2.03. The molecule has 0 aromatic heterocycles.